The average molecular weight is 425 g/mol. The maximum atomic E-state index is 13.3. The van der Waals surface area contributed by atoms with Crippen LogP contribution in [0, 0.1) is 5.82 Å². The van der Waals surface area contributed by atoms with Gasteiger partial charge in [-0.05, 0) is 67.3 Å². The molecule has 2 heterocycles. The van der Waals surface area contributed by atoms with E-state index in [-0.39, 0.29) is 18.5 Å². The predicted octanol–water partition coefficient (Wildman–Crippen LogP) is 6.19. The summed E-state index contributed by atoms with van der Waals surface area (Å²) in [5, 5.41) is 0.331. The summed E-state index contributed by atoms with van der Waals surface area (Å²) in [5.74, 6) is -0.309. The number of pyridine rings is 1. The van der Waals surface area contributed by atoms with Crippen molar-refractivity contribution in [3.63, 3.8) is 0 Å². The molecule has 0 unspecified atom stereocenters. The fourth-order valence-corrected chi connectivity index (χ4v) is 4.14. The van der Waals surface area contributed by atoms with Crippen molar-refractivity contribution in [3.8, 4) is 11.3 Å². The van der Waals surface area contributed by atoms with E-state index in [2.05, 4.69) is 4.98 Å². The van der Waals surface area contributed by atoms with Crippen molar-refractivity contribution in [2.45, 2.75) is 31.9 Å². The highest BCUT2D eigenvalue weighted by Gasteiger charge is 2.42. The first-order valence-electron chi connectivity index (χ1n) is 9.88. The molecule has 3 aromatic rings. The molecule has 0 N–H and O–H groups in total. The number of likely N-dealkylation sites (tertiary alicyclic amines) is 1. The van der Waals surface area contributed by atoms with E-state index in [9.17, 15) is 9.18 Å². The molecule has 154 valence electrons. The monoisotopic (exact) mass is 424 g/mol. The number of halogens is 2. The van der Waals surface area contributed by atoms with Crippen molar-refractivity contribution >= 4 is 17.7 Å². The molecule has 0 aliphatic carbocycles. The lowest BCUT2D eigenvalue weighted by Gasteiger charge is -2.35. The van der Waals surface area contributed by atoms with Crippen molar-refractivity contribution in [3.05, 3.63) is 88.8 Å². The number of benzene rings is 2. The zero-order chi connectivity index (χ0) is 21.1. The first kappa shape index (κ1) is 20.4. The third-order valence-electron chi connectivity index (χ3n) is 5.62. The molecule has 1 aliphatic heterocycles. The third-order valence-corrected chi connectivity index (χ3v) is 5.82. The largest absolute Gasteiger partial charge is 0.445 e. The molecule has 1 amide bonds. The van der Waals surface area contributed by atoms with Crippen molar-refractivity contribution in [2.75, 3.05) is 6.54 Å². The molecular formula is C24H22ClFN2O2. The van der Waals surface area contributed by atoms with Crippen LogP contribution < -0.4 is 0 Å². The summed E-state index contributed by atoms with van der Waals surface area (Å²) in [6, 6.07) is 19.4. The van der Waals surface area contributed by atoms with Crippen LogP contribution in [-0.4, -0.2) is 22.5 Å². The van der Waals surface area contributed by atoms with Gasteiger partial charge in [-0.2, -0.15) is 0 Å². The number of amides is 1. The second kappa shape index (κ2) is 8.44. The number of carbonyl (C=O) groups excluding carboxylic acids is 1. The molecule has 6 heteroatoms. The zero-order valence-corrected chi connectivity index (χ0v) is 17.4. The summed E-state index contributed by atoms with van der Waals surface area (Å²) in [7, 11) is 0. The molecule has 1 fully saturated rings. The summed E-state index contributed by atoms with van der Waals surface area (Å²) >= 11 is 6.32. The Morgan fingerprint density at radius 1 is 1.17 bits per heavy atom. The third kappa shape index (κ3) is 4.17. The SMILES string of the molecule is C[C@]1(c2cc(Cl)nc(-c3ccc(F)cc3)c2)CCCN1C(=O)OCc1ccccc1. The first-order chi connectivity index (χ1) is 14.5. The fraction of sp³-hybridized carbons (Fsp3) is 0.250. The van der Waals surface area contributed by atoms with Crippen LogP contribution >= 0.6 is 11.6 Å². The van der Waals surface area contributed by atoms with Gasteiger partial charge in [0.25, 0.3) is 0 Å². The van der Waals surface area contributed by atoms with Gasteiger partial charge in [-0.3, -0.25) is 4.90 Å². The van der Waals surface area contributed by atoms with Gasteiger partial charge in [-0.15, -0.1) is 0 Å². The van der Waals surface area contributed by atoms with Gasteiger partial charge >= 0.3 is 6.09 Å². The van der Waals surface area contributed by atoms with E-state index in [1.165, 1.54) is 12.1 Å². The van der Waals surface area contributed by atoms with Gasteiger partial charge in [-0.25, -0.2) is 14.2 Å². The van der Waals surface area contributed by atoms with Crippen molar-refractivity contribution in [1.82, 2.24) is 9.88 Å². The Bertz CT molecular complexity index is 1040. The molecule has 0 saturated carbocycles. The van der Waals surface area contributed by atoms with Crippen LogP contribution in [-0.2, 0) is 16.9 Å². The Morgan fingerprint density at radius 3 is 2.63 bits per heavy atom. The Labute approximate surface area is 180 Å². The van der Waals surface area contributed by atoms with Crippen LogP contribution in [0.3, 0.4) is 0 Å². The Balaban J connectivity index is 1.59. The second-order valence-corrected chi connectivity index (χ2v) is 8.03. The summed E-state index contributed by atoms with van der Waals surface area (Å²) in [6.45, 7) is 2.85. The van der Waals surface area contributed by atoms with E-state index in [1.807, 2.05) is 43.3 Å². The van der Waals surface area contributed by atoms with Crippen LogP contribution in [0.5, 0.6) is 0 Å². The molecular weight excluding hydrogens is 403 g/mol. The van der Waals surface area contributed by atoms with Gasteiger partial charge in [0.2, 0.25) is 0 Å². The number of ether oxygens (including phenoxy) is 1. The molecule has 0 spiro atoms. The van der Waals surface area contributed by atoms with Gasteiger partial charge in [0.05, 0.1) is 11.2 Å². The molecule has 4 nitrogen and oxygen atoms in total. The number of aromatic nitrogens is 1. The standard InChI is InChI=1S/C24H22ClFN2O2/c1-24(12-5-13-28(24)23(29)30-16-17-6-3-2-4-7-17)19-14-21(27-22(25)15-19)18-8-10-20(26)11-9-18/h2-4,6-11,14-15H,5,12-13,16H2,1H3/t24-/m1/s1. The summed E-state index contributed by atoms with van der Waals surface area (Å²) in [5.41, 5.74) is 2.67. The lowest BCUT2D eigenvalue weighted by Crippen LogP contribution is -2.43. The quantitative estimate of drug-likeness (QED) is 0.469. The van der Waals surface area contributed by atoms with Gasteiger partial charge in [0.15, 0.2) is 0 Å². The highest BCUT2D eigenvalue weighted by molar-refractivity contribution is 6.29. The number of rotatable bonds is 4. The van der Waals surface area contributed by atoms with E-state index >= 15 is 0 Å². The topological polar surface area (TPSA) is 42.4 Å². The maximum Gasteiger partial charge on any atom is 0.410 e. The number of nitrogens with zero attached hydrogens (tertiary/aromatic N) is 2. The van der Waals surface area contributed by atoms with E-state index in [4.69, 9.17) is 16.3 Å². The maximum absolute atomic E-state index is 13.3. The van der Waals surface area contributed by atoms with Crippen molar-refractivity contribution < 1.29 is 13.9 Å². The molecule has 1 aromatic heterocycles. The van der Waals surface area contributed by atoms with E-state index in [0.717, 1.165) is 29.5 Å². The number of hydrogen-bond donors (Lipinski definition) is 0. The molecule has 1 aliphatic rings. The first-order valence-corrected chi connectivity index (χ1v) is 10.3. The highest BCUT2D eigenvalue weighted by Crippen LogP contribution is 2.40. The lowest BCUT2D eigenvalue weighted by atomic mass is 9.89. The number of hydrogen-bond acceptors (Lipinski definition) is 3. The van der Waals surface area contributed by atoms with Crippen LogP contribution in [0.15, 0.2) is 66.7 Å². The minimum absolute atomic E-state index is 0.226. The van der Waals surface area contributed by atoms with E-state index in [1.54, 1.807) is 23.1 Å². The van der Waals surface area contributed by atoms with E-state index < -0.39 is 5.54 Å². The summed E-state index contributed by atoms with van der Waals surface area (Å²) in [4.78, 5) is 19.0. The molecule has 1 saturated heterocycles. The molecule has 1 atom stereocenters. The molecule has 0 radical (unpaired) electrons. The Hall–Kier alpha value is -2.92. The van der Waals surface area contributed by atoms with Crippen LogP contribution in [0.25, 0.3) is 11.3 Å². The second-order valence-electron chi connectivity index (χ2n) is 7.64. The number of carbonyl (C=O) groups is 1. The van der Waals surface area contributed by atoms with Crippen molar-refractivity contribution in [1.29, 1.82) is 0 Å². The minimum atomic E-state index is -0.560. The zero-order valence-electron chi connectivity index (χ0n) is 16.6. The van der Waals surface area contributed by atoms with Crippen LogP contribution in [0.4, 0.5) is 9.18 Å². The van der Waals surface area contributed by atoms with Gasteiger partial charge in [0.1, 0.15) is 17.6 Å². The molecule has 30 heavy (non-hydrogen) atoms. The van der Waals surface area contributed by atoms with Crippen LogP contribution in [0.2, 0.25) is 5.15 Å². The van der Waals surface area contributed by atoms with Crippen LogP contribution in [0.1, 0.15) is 30.9 Å². The normalized spacial score (nSPS) is 18.4. The molecule has 0 bridgehead atoms. The van der Waals surface area contributed by atoms with E-state index in [0.29, 0.717) is 17.4 Å². The highest BCUT2D eigenvalue weighted by atomic mass is 35.5. The Kier molecular flexibility index (Phi) is 5.73. The molecule has 4 rings (SSSR count). The average Bonchev–Trinajstić information content (AvgIpc) is 3.16. The van der Waals surface area contributed by atoms with Gasteiger partial charge in [-0.1, -0.05) is 41.9 Å². The minimum Gasteiger partial charge on any atom is -0.445 e. The summed E-state index contributed by atoms with van der Waals surface area (Å²) in [6.07, 6.45) is 1.30. The summed E-state index contributed by atoms with van der Waals surface area (Å²) < 4.78 is 18.9. The fourth-order valence-electron chi connectivity index (χ4n) is 3.93. The lowest BCUT2D eigenvalue weighted by molar-refractivity contribution is 0.0693. The Morgan fingerprint density at radius 2 is 1.90 bits per heavy atom. The van der Waals surface area contributed by atoms with Crippen molar-refractivity contribution in [2.24, 2.45) is 0 Å². The predicted molar refractivity (Wildman–Crippen MR) is 115 cm³/mol. The molecule has 2 aromatic carbocycles. The van der Waals surface area contributed by atoms with Gasteiger partial charge in [0, 0.05) is 12.1 Å². The smallest absolute Gasteiger partial charge is 0.410 e. The van der Waals surface area contributed by atoms with Gasteiger partial charge < -0.3 is 4.74 Å².